The molecule has 1 aromatic carbocycles. The Balaban J connectivity index is 2.44. The van der Waals surface area contributed by atoms with Gasteiger partial charge in [-0.15, -0.1) is 0 Å². The molecule has 0 aliphatic heterocycles. The molecule has 0 aromatic heterocycles. The highest BCUT2D eigenvalue weighted by molar-refractivity contribution is 5.84. The number of carbonyl (C=O) groups is 1. The van der Waals surface area contributed by atoms with Crippen molar-refractivity contribution >= 4 is 5.97 Å². The van der Waals surface area contributed by atoms with E-state index in [9.17, 15) is 4.79 Å². The van der Waals surface area contributed by atoms with E-state index in [-0.39, 0.29) is 11.9 Å². The van der Waals surface area contributed by atoms with Gasteiger partial charge in [-0.1, -0.05) is 24.3 Å². The predicted octanol–water partition coefficient (Wildman–Crippen LogP) is 2.03. The Hall–Kier alpha value is -1.77. The lowest BCUT2D eigenvalue weighted by Crippen LogP contribution is -2.13. The van der Waals surface area contributed by atoms with Gasteiger partial charge in [0, 0.05) is 0 Å². The van der Waals surface area contributed by atoms with Crippen molar-refractivity contribution in [2.45, 2.75) is 12.3 Å². The van der Waals surface area contributed by atoms with Crippen molar-refractivity contribution in [3.63, 3.8) is 0 Å². The molecule has 0 amide bonds. The fourth-order valence-corrected chi connectivity index (χ4v) is 2.16. The highest BCUT2D eigenvalue weighted by Crippen LogP contribution is 2.38. The zero-order valence-corrected chi connectivity index (χ0v) is 9.40. The zero-order valence-electron chi connectivity index (χ0n) is 9.40. The van der Waals surface area contributed by atoms with Crippen LogP contribution in [0.4, 0.5) is 0 Å². The van der Waals surface area contributed by atoms with Gasteiger partial charge < -0.3 is 9.47 Å². The zero-order chi connectivity index (χ0) is 11.5. The number of rotatable bonds is 2. The third-order valence-corrected chi connectivity index (χ3v) is 2.84. The van der Waals surface area contributed by atoms with Gasteiger partial charge in [0.2, 0.25) is 0 Å². The Labute approximate surface area is 94.7 Å². The lowest BCUT2D eigenvalue weighted by molar-refractivity contribution is -0.141. The standard InChI is InChI=1S/C13H14O3/c1-15-8-10-7-9-5-3-4-6-11(9)12(10)13(14)16-2/h3-6,8,12H,7H2,1-2H3/b10-8+. The second-order valence-electron chi connectivity index (χ2n) is 3.76. The molecule has 0 saturated heterocycles. The summed E-state index contributed by atoms with van der Waals surface area (Å²) in [6, 6.07) is 7.91. The fourth-order valence-electron chi connectivity index (χ4n) is 2.16. The number of ether oxygens (including phenoxy) is 2. The average molecular weight is 218 g/mol. The number of methoxy groups -OCH3 is 2. The number of fused-ring (bicyclic) bond motifs is 1. The van der Waals surface area contributed by atoms with Crippen molar-refractivity contribution in [1.82, 2.24) is 0 Å². The molecule has 1 atom stereocenters. The molecule has 1 aromatic rings. The largest absolute Gasteiger partial charge is 0.504 e. The lowest BCUT2D eigenvalue weighted by Gasteiger charge is -2.10. The first-order chi connectivity index (χ1) is 7.77. The Morgan fingerprint density at radius 3 is 2.81 bits per heavy atom. The summed E-state index contributed by atoms with van der Waals surface area (Å²) in [6.45, 7) is 0. The van der Waals surface area contributed by atoms with Gasteiger partial charge in [-0.3, -0.25) is 4.79 Å². The van der Waals surface area contributed by atoms with E-state index in [2.05, 4.69) is 0 Å². The van der Waals surface area contributed by atoms with Gasteiger partial charge in [0.25, 0.3) is 0 Å². The SMILES string of the molecule is CO/C=C1\Cc2ccccc2C1C(=O)OC. The van der Waals surface area contributed by atoms with Crippen LogP contribution in [0.15, 0.2) is 36.1 Å². The molecule has 1 aliphatic rings. The van der Waals surface area contributed by atoms with Gasteiger partial charge >= 0.3 is 5.97 Å². The molecular weight excluding hydrogens is 204 g/mol. The van der Waals surface area contributed by atoms with E-state index in [0.29, 0.717) is 0 Å². The minimum Gasteiger partial charge on any atom is -0.504 e. The van der Waals surface area contributed by atoms with Crippen molar-refractivity contribution in [2.24, 2.45) is 0 Å². The van der Waals surface area contributed by atoms with E-state index < -0.39 is 0 Å². The van der Waals surface area contributed by atoms with Crippen LogP contribution >= 0.6 is 0 Å². The van der Waals surface area contributed by atoms with Crippen LogP contribution in [0, 0.1) is 0 Å². The minimum atomic E-state index is -0.304. The molecule has 84 valence electrons. The van der Waals surface area contributed by atoms with Gasteiger partial charge in [-0.05, 0) is 23.1 Å². The van der Waals surface area contributed by atoms with Crippen LogP contribution in [0.2, 0.25) is 0 Å². The van der Waals surface area contributed by atoms with E-state index in [1.165, 1.54) is 12.7 Å². The molecule has 3 heteroatoms. The molecule has 1 unspecified atom stereocenters. The van der Waals surface area contributed by atoms with E-state index in [4.69, 9.17) is 9.47 Å². The minimum absolute atomic E-state index is 0.228. The Morgan fingerprint density at radius 2 is 2.12 bits per heavy atom. The number of hydrogen-bond acceptors (Lipinski definition) is 3. The summed E-state index contributed by atoms with van der Waals surface area (Å²) < 4.78 is 9.84. The third kappa shape index (κ3) is 1.69. The molecule has 3 nitrogen and oxygen atoms in total. The second-order valence-corrected chi connectivity index (χ2v) is 3.76. The average Bonchev–Trinajstić information content (AvgIpc) is 2.66. The fraction of sp³-hybridized carbons (Fsp3) is 0.308. The molecular formula is C13H14O3. The number of benzene rings is 1. The number of hydrogen-bond donors (Lipinski definition) is 0. The summed E-state index contributed by atoms with van der Waals surface area (Å²) in [7, 11) is 3.00. The normalized spacial score (nSPS) is 20.6. The molecule has 16 heavy (non-hydrogen) atoms. The maximum absolute atomic E-state index is 11.7. The monoisotopic (exact) mass is 218 g/mol. The lowest BCUT2D eigenvalue weighted by atomic mass is 9.99. The van der Waals surface area contributed by atoms with Crippen LogP contribution in [0.25, 0.3) is 0 Å². The molecule has 0 radical (unpaired) electrons. The molecule has 1 aliphatic carbocycles. The maximum atomic E-state index is 11.7. The van der Waals surface area contributed by atoms with E-state index in [0.717, 1.165) is 17.6 Å². The van der Waals surface area contributed by atoms with Gasteiger partial charge in [0.1, 0.15) is 5.92 Å². The topological polar surface area (TPSA) is 35.5 Å². The van der Waals surface area contributed by atoms with Gasteiger partial charge in [0.15, 0.2) is 0 Å². The van der Waals surface area contributed by atoms with Crippen LogP contribution in [-0.4, -0.2) is 20.2 Å². The predicted molar refractivity (Wildman–Crippen MR) is 60.0 cm³/mol. The van der Waals surface area contributed by atoms with Gasteiger partial charge in [0.05, 0.1) is 20.5 Å². The second kappa shape index (κ2) is 4.39. The summed E-state index contributed by atoms with van der Waals surface area (Å²) in [5.41, 5.74) is 3.15. The summed E-state index contributed by atoms with van der Waals surface area (Å²) in [4.78, 5) is 11.7. The van der Waals surface area contributed by atoms with Crippen LogP contribution in [-0.2, 0) is 20.7 Å². The molecule has 0 spiro atoms. The third-order valence-electron chi connectivity index (χ3n) is 2.84. The van der Waals surface area contributed by atoms with Crippen molar-refractivity contribution < 1.29 is 14.3 Å². The first kappa shape index (κ1) is 10.7. The first-order valence-electron chi connectivity index (χ1n) is 5.15. The summed E-state index contributed by atoms with van der Waals surface area (Å²) in [6.07, 6.45) is 2.39. The van der Waals surface area contributed by atoms with Crippen molar-refractivity contribution in [3.8, 4) is 0 Å². The molecule has 0 bridgehead atoms. The molecule has 0 heterocycles. The van der Waals surface area contributed by atoms with Gasteiger partial charge in [-0.25, -0.2) is 0 Å². The van der Waals surface area contributed by atoms with Crippen LogP contribution < -0.4 is 0 Å². The van der Waals surface area contributed by atoms with E-state index >= 15 is 0 Å². The molecule has 0 saturated carbocycles. The van der Waals surface area contributed by atoms with Crippen molar-refractivity contribution in [1.29, 1.82) is 0 Å². The number of carbonyl (C=O) groups excluding carboxylic acids is 1. The Bertz CT molecular complexity index is 435. The number of esters is 1. The van der Waals surface area contributed by atoms with E-state index in [1.54, 1.807) is 13.4 Å². The first-order valence-corrected chi connectivity index (χ1v) is 5.15. The quantitative estimate of drug-likeness (QED) is 0.563. The molecule has 2 rings (SSSR count). The Morgan fingerprint density at radius 1 is 1.38 bits per heavy atom. The summed E-state index contributed by atoms with van der Waals surface area (Å²) >= 11 is 0. The molecule has 0 N–H and O–H groups in total. The van der Waals surface area contributed by atoms with Crippen molar-refractivity contribution in [3.05, 3.63) is 47.2 Å². The smallest absolute Gasteiger partial charge is 0.317 e. The maximum Gasteiger partial charge on any atom is 0.317 e. The van der Waals surface area contributed by atoms with Gasteiger partial charge in [-0.2, -0.15) is 0 Å². The summed E-state index contributed by atoms with van der Waals surface area (Å²) in [5.74, 6) is -0.533. The summed E-state index contributed by atoms with van der Waals surface area (Å²) in [5, 5.41) is 0. The van der Waals surface area contributed by atoms with Crippen LogP contribution in [0.5, 0.6) is 0 Å². The van der Waals surface area contributed by atoms with Crippen molar-refractivity contribution in [2.75, 3.05) is 14.2 Å². The highest BCUT2D eigenvalue weighted by atomic mass is 16.5. The van der Waals surface area contributed by atoms with Crippen LogP contribution in [0.3, 0.4) is 0 Å². The highest BCUT2D eigenvalue weighted by Gasteiger charge is 2.33. The Kier molecular flexibility index (Phi) is 2.95. The molecule has 0 fully saturated rings. The van der Waals surface area contributed by atoms with Crippen LogP contribution in [0.1, 0.15) is 17.0 Å². The van der Waals surface area contributed by atoms with E-state index in [1.807, 2.05) is 24.3 Å².